The van der Waals surface area contributed by atoms with E-state index in [1.807, 2.05) is 42.1 Å². The number of nitro benzene ring substituents is 1. The average molecular weight is 393 g/mol. The maximum atomic E-state index is 12.8. The quantitative estimate of drug-likeness (QED) is 0.374. The third kappa shape index (κ3) is 3.07. The summed E-state index contributed by atoms with van der Waals surface area (Å²) in [7, 11) is 1.92. The zero-order chi connectivity index (χ0) is 19.8. The lowest BCUT2D eigenvalue weighted by Crippen LogP contribution is -2.27. The summed E-state index contributed by atoms with van der Waals surface area (Å²) in [5.41, 5.74) is 2.07. The van der Waals surface area contributed by atoms with E-state index in [1.165, 1.54) is 6.07 Å². The van der Waals surface area contributed by atoms with Gasteiger partial charge in [0.25, 0.3) is 16.8 Å². The molecule has 2 heterocycles. The fourth-order valence-electron chi connectivity index (χ4n) is 3.26. The molecule has 1 saturated heterocycles. The van der Waals surface area contributed by atoms with Gasteiger partial charge in [-0.25, -0.2) is 0 Å². The summed E-state index contributed by atoms with van der Waals surface area (Å²) < 4.78 is 1.96. The summed E-state index contributed by atoms with van der Waals surface area (Å²) in [6.07, 6.45) is 3.60. The first-order valence-electron chi connectivity index (χ1n) is 8.47. The topological polar surface area (TPSA) is 85.4 Å². The van der Waals surface area contributed by atoms with Crippen LogP contribution in [-0.4, -0.2) is 25.5 Å². The number of imide groups is 1. The van der Waals surface area contributed by atoms with Gasteiger partial charge in [0.1, 0.15) is 0 Å². The van der Waals surface area contributed by atoms with Gasteiger partial charge in [-0.2, -0.15) is 0 Å². The molecule has 0 saturated carbocycles. The smallest absolute Gasteiger partial charge is 0.293 e. The van der Waals surface area contributed by atoms with Gasteiger partial charge in [0.05, 0.1) is 16.4 Å². The van der Waals surface area contributed by atoms with E-state index in [1.54, 1.807) is 24.3 Å². The van der Waals surface area contributed by atoms with Crippen LogP contribution in [0.1, 0.15) is 11.1 Å². The molecule has 1 aromatic heterocycles. The molecule has 3 aromatic rings. The van der Waals surface area contributed by atoms with Crippen LogP contribution in [0.4, 0.5) is 10.5 Å². The van der Waals surface area contributed by atoms with Crippen molar-refractivity contribution in [2.24, 2.45) is 7.05 Å². The molecule has 0 radical (unpaired) electrons. The summed E-state index contributed by atoms with van der Waals surface area (Å²) in [4.78, 5) is 37.2. The van der Waals surface area contributed by atoms with Crippen molar-refractivity contribution in [2.75, 3.05) is 0 Å². The fourth-order valence-corrected chi connectivity index (χ4v) is 4.09. The van der Waals surface area contributed by atoms with E-state index in [0.29, 0.717) is 10.5 Å². The molecule has 7 nitrogen and oxygen atoms in total. The molecule has 0 spiro atoms. The molecule has 2 amide bonds. The molecule has 0 aliphatic carbocycles. The van der Waals surface area contributed by atoms with Crippen molar-refractivity contribution < 1.29 is 14.5 Å². The SMILES string of the molecule is Cn1cc(/C=C2\SC(=O)N(Cc3ccccc3[N+](=O)[O-])C2=O)c2ccccc21. The number of amides is 2. The number of benzene rings is 2. The van der Waals surface area contributed by atoms with Crippen molar-refractivity contribution in [3.05, 3.63) is 80.9 Å². The highest BCUT2D eigenvalue weighted by molar-refractivity contribution is 8.18. The zero-order valence-electron chi connectivity index (χ0n) is 14.9. The second-order valence-electron chi connectivity index (χ2n) is 6.37. The van der Waals surface area contributed by atoms with Crippen LogP contribution in [0.3, 0.4) is 0 Å². The van der Waals surface area contributed by atoms with Gasteiger partial charge in [-0.1, -0.05) is 36.4 Å². The van der Waals surface area contributed by atoms with Gasteiger partial charge in [-0.15, -0.1) is 0 Å². The minimum atomic E-state index is -0.514. The predicted octanol–water partition coefficient (Wildman–Crippen LogP) is 4.32. The van der Waals surface area contributed by atoms with Crippen molar-refractivity contribution in [1.82, 2.24) is 9.47 Å². The maximum absolute atomic E-state index is 12.8. The van der Waals surface area contributed by atoms with Gasteiger partial charge in [0, 0.05) is 41.3 Å². The Hall–Kier alpha value is -3.39. The largest absolute Gasteiger partial charge is 0.350 e. The number of thioether (sulfide) groups is 1. The zero-order valence-corrected chi connectivity index (χ0v) is 15.7. The van der Waals surface area contributed by atoms with Gasteiger partial charge in [0.2, 0.25) is 0 Å². The average Bonchev–Trinajstić information content (AvgIpc) is 3.14. The number of para-hydroxylation sites is 2. The predicted molar refractivity (Wildman–Crippen MR) is 108 cm³/mol. The lowest BCUT2D eigenvalue weighted by atomic mass is 10.1. The number of carbonyl (C=O) groups is 2. The summed E-state index contributed by atoms with van der Waals surface area (Å²) in [5, 5.41) is 11.7. The number of hydrogen-bond acceptors (Lipinski definition) is 5. The summed E-state index contributed by atoms with van der Waals surface area (Å²) in [5.74, 6) is -0.443. The minimum Gasteiger partial charge on any atom is -0.350 e. The fraction of sp³-hybridized carbons (Fsp3) is 0.100. The summed E-state index contributed by atoms with van der Waals surface area (Å²) in [6, 6.07) is 13.9. The Kier molecular flexibility index (Phi) is 4.48. The molecule has 2 aromatic carbocycles. The number of fused-ring (bicyclic) bond motifs is 1. The number of carbonyl (C=O) groups excluding carboxylic acids is 2. The molecule has 0 bridgehead atoms. The van der Waals surface area contributed by atoms with E-state index in [0.717, 1.165) is 33.1 Å². The van der Waals surface area contributed by atoms with Crippen LogP contribution in [0.2, 0.25) is 0 Å². The third-order valence-electron chi connectivity index (χ3n) is 4.60. The molecule has 0 unspecified atom stereocenters. The first kappa shape index (κ1) is 18.0. The van der Waals surface area contributed by atoms with Crippen LogP contribution in [0.15, 0.2) is 59.6 Å². The van der Waals surface area contributed by atoms with Crippen molar-refractivity contribution in [3.8, 4) is 0 Å². The van der Waals surface area contributed by atoms with E-state index >= 15 is 0 Å². The number of nitro groups is 1. The van der Waals surface area contributed by atoms with Crippen LogP contribution >= 0.6 is 11.8 Å². The molecule has 0 N–H and O–H groups in total. The Morgan fingerprint density at radius 1 is 1.11 bits per heavy atom. The van der Waals surface area contributed by atoms with E-state index in [2.05, 4.69) is 0 Å². The number of rotatable bonds is 4. The van der Waals surface area contributed by atoms with Crippen molar-refractivity contribution in [1.29, 1.82) is 0 Å². The molecule has 28 heavy (non-hydrogen) atoms. The number of nitrogens with zero attached hydrogens (tertiary/aromatic N) is 3. The molecule has 4 rings (SSSR count). The molecule has 1 fully saturated rings. The van der Waals surface area contributed by atoms with Crippen LogP contribution in [0, 0.1) is 10.1 Å². The Balaban J connectivity index is 1.66. The van der Waals surface area contributed by atoms with E-state index in [9.17, 15) is 19.7 Å². The Labute approximate surface area is 164 Å². The summed E-state index contributed by atoms with van der Waals surface area (Å²) in [6.45, 7) is -0.130. The molecule has 1 aliphatic heterocycles. The van der Waals surface area contributed by atoms with E-state index in [-0.39, 0.29) is 12.2 Å². The van der Waals surface area contributed by atoms with Crippen molar-refractivity contribution in [3.63, 3.8) is 0 Å². The standard InChI is InChI=1S/C20H15N3O4S/c1-21-11-14(15-7-3-5-9-17(15)21)10-18-19(24)22(20(25)28-18)12-13-6-2-4-8-16(13)23(26)27/h2-11H,12H2,1H3/b18-10-. The Bertz CT molecular complexity index is 1170. The van der Waals surface area contributed by atoms with Crippen LogP contribution in [0.5, 0.6) is 0 Å². The Morgan fingerprint density at radius 2 is 1.82 bits per heavy atom. The first-order valence-corrected chi connectivity index (χ1v) is 9.29. The molecule has 140 valence electrons. The monoisotopic (exact) mass is 393 g/mol. The van der Waals surface area contributed by atoms with Crippen molar-refractivity contribution >= 4 is 45.6 Å². The molecule has 0 atom stereocenters. The first-order chi connectivity index (χ1) is 13.5. The third-order valence-corrected chi connectivity index (χ3v) is 5.51. The highest BCUT2D eigenvalue weighted by Crippen LogP contribution is 2.35. The van der Waals surface area contributed by atoms with Gasteiger partial charge in [-0.3, -0.25) is 24.6 Å². The van der Waals surface area contributed by atoms with Gasteiger partial charge in [0.15, 0.2) is 0 Å². The van der Waals surface area contributed by atoms with Gasteiger partial charge < -0.3 is 4.57 Å². The molecule has 1 aliphatic rings. The maximum Gasteiger partial charge on any atom is 0.293 e. The second-order valence-corrected chi connectivity index (χ2v) is 7.36. The van der Waals surface area contributed by atoms with E-state index < -0.39 is 16.1 Å². The number of aromatic nitrogens is 1. The highest BCUT2D eigenvalue weighted by Gasteiger charge is 2.36. The normalized spacial score (nSPS) is 15.8. The lowest BCUT2D eigenvalue weighted by molar-refractivity contribution is -0.385. The number of hydrogen-bond donors (Lipinski definition) is 0. The van der Waals surface area contributed by atoms with Crippen molar-refractivity contribution in [2.45, 2.75) is 6.54 Å². The minimum absolute atomic E-state index is 0.111. The highest BCUT2D eigenvalue weighted by atomic mass is 32.2. The van der Waals surface area contributed by atoms with Crippen LogP contribution in [0.25, 0.3) is 17.0 Å². The van der Waals surface area contributed by atoms with Crippen LogP contribution in [-0.2, 0) is 18.4 Å². The molecular weight excluding hydrogens is 378 g/mol. The summed E-state index contributed by atoms with van der Waals surface area (Å²) >= 11 is 0.847. The Morgan fingerprint density at radius 3 is 2.61 bits per heavy atom. The molecular formula is C20H15N3O4S. The molecule has 8 heteroatoms. The lowest BCUT2D eigenvalue weighted by Gasteiger charge is -2.12. The van der Waals surface area contributed by atoms with Gasteiger partial charge >= 0.3 is 0 Å². The van der Waals surface area contributed by atoms with Crippen LogP contribution < -0.4 is 0 Å². The van der Waals surface area contributed by atoms with Gasteiger partial charge in [-0.05, 0) is 23.9 Å². The second kappa shape index (κ2) is 6.97. The number of aryl methyl sites for hydroxylation is 1. The van der Waals surface area contributed by atoms with E-state index in [4.69, 9.17) is 0 Å².